The molecule has 0 atom stereocenters. The Morgan fingerprint density at radius 1 is 1.33 bits per heavy atom. The molecular weight excluding hydrogens is 227 g/mol. The maximum atomic E-state index is 13.8. The third-order valence-corrected chi connectivity index (χ3v) is 3.76. The highest BCUT2D eigenvalue weighted by Crippen LogP contribution is 2.20. The van der Waals surface area contributed by atoms with E-state index in [9.17, 15) is 4.39 Å². The molecule has 3 heteroatoms. The molecule has 1 fully saturated rings. The standard InChI is InChI=1S/C15H23FN2/c1-12-5-7-18(8-6-12)11-14-9-13(10-17-2)3-4-15(14)16/h3-4,9,12,17H,5-8,10-11H2,1-2H3. The Labute approximate surface area is 109 Å². The first-order valence-electron chi connectivity index (χ1n) is 6.83. The van der Waals surface area contributed by atoms with E-state index < -0.39 is 0 Å². The molecule has 1 heterocycles. The van der Waals surface area contributed by atoms with Crippen LogP contribution in [0.1, 0.15) is 30.9 Å². The molecule has 1 N–H and O–H groups in total. The number of rotatable bonds is 4. The molecule has 2 rings (SSSR count). The topological polar surface area (TPSA) is 15.3 Å². The molecule has 0 bridgehead atoms. The van der Waals surface area contributed by atoms with Crippen LogP contribution in [0, 0.1) is 11.7 Å². The predicted molar refractivity (Wildman–Crippen MR) is 72.8 cm³/mol. The maximum Gasteiger partial charge on any atom is 0.127 e. The number of likely N-dealkylation sites (tertiary alicyclic amines) is 1. The minimum atomic E-state index is -0.0755. The van der Waals surface area contributed by atoms with Gasteiger partial charge in [-0.2, -0.15) is 0 Å². The minimum Gasteiger partial charge on any atom is -0.316 e. The van der Waals surface area contributed by atoms with E-state index in [1.807, 2.05) is 19.2 Å². The second-order valence-corrected chi connectivity index (χ2v) is 5.41. The lowest BCUT2D eigenvalue weighted by atomic mass is 9.98. The Morgan fingerprint density at radius 3 is 2.72 bits per heavy atom. The van der Waals surface area contributed by atoms with Gasteiger partial charge in [-0.25, -0.2) is 4.39 Å². The van der Waals surface area contributed by atoms with Crippen molar-refractivity contribution in [1.82, 2.24) is 10.2 Å². The normalized spacial score (nSPS) is 18.2. The van der Waals surface area contributed by atoms with Gasteiger partial charge in [0.1, 0.15) is 5.82 Å². The molecule has 1 aliphatic heterocycles. The molecule has 100 valence electrons. The zero-order chi connectivity index (χ0) is 13.0. The summed E-state index contributed by atoms with van der Waals surface area (Å²) in [6, 6.07) is 5.44. The van der Waals surface area contributed by atoms with E-state index in [2.05, 4.69) is 17.1 Å². The smallest absolute Gasteiger partial charge is 0.127 e. The van der Waals surface area contributed by atoms with Crippen LogP contribution < -0.4 is 5.32 Å². The van der Waals surface area contributed by atoms with Crippen molar-refractivity contribution in [3.8, 4) is 0 Å². The molecule has 0 amide bonds. The molecular formula is C15H23FN2. The maximum absolute atomic E-state index is 13.8. The quantitative estimate of drug-likeness (QED) is 0.884. The van der Waals surface area contributed by atoms with E-state index in [1.54, 1.807) is 6.07 Å². The first kappa shape index (κ1) is 13.5. The largest absolute Gasteiger partial charge is 0.316 e. The van der Waals surface area contributed by atoms with Crippen molar-refractivity contribution in [3.05, 3.63) is 35.1 Å². The van der Waals surface area contributed by atoms with Gasteiger partial charge in [0.05, 0.1) is 0 Å². The predicted octanol–water partition coefficient (Wildman–Crippen LogP) is 2.78. The van der Waals surface area contributed by atoms with Crippen molar-refractivity contribution >= 4 is 0 Å². The van der Waals surface area contributed by atoms with Gasteiger partial charge in [-0.3, -0.25) is 4.90 Å². The molecule has 0 aromatic heterocycles. The van der Waals surface area contributed by atoms with Crippen LogP contribution in [-0.2, 0) is 13.1 Å². The lowest BCUT2D eigenvalue weighted by Crippen LogP contribution is -2.32. The van der Waals surface area contributed by atoms with E-state index in [1.165, 1.54) is 12.8 Å². The minimum absolute atomic E-state index is 0.0755. The Bertz CT molecular complexity index is 384. The third-order valence-electron chi connectivity index (χ3n) is 3.76. The van der Waals surface area contributed by atoms with Gasteiger partial charge in [-0.1, -0.05) is 19.1 Å². The summed E-state index contributed by atoms with van der Waals surface area (Å²) in [5.74, 6) is 0.746. The summed E-state index contributed by atoms with van der Waals surface area (Å²) in [5, 5.41) is 3.10. The van der Waals surface area contributed by atoms with Crippen molar-refractivity contribution in [3.63, 3.8) is 0 Å². The van der Waals surface area contributed by atoms with Crippen LogP contribution in [0.5, 0.6) is 0 Å². The van der Waals surface area contributed by atoms with Crippen LogP contribution in [0.4, 0.5) is 4.39 Å². The number of nitrogens with one attached hydrogen (secondary N) is 1. The summed E-state index contributed by atoms with van der Waals surface area (Å²) in [7, 11) is 1.91. The molecule has 1 aromatic rings. The second-order valence-electron chi connectivity index (χ2n) is 5.41. The van der Waals surface area contributed by atoms with Crippen LogP contribution in [0.2, 0.25) is 0 Å². The highest BCUT2D eigenvalue weighted by atomic mass is 19.1. The summed E-state index contributed by atoms with van der Waals surface area (Å²) in [6.45, 7) is 6.03. The molecule has 0 aliphatic carbocycles. The van der Waals surface area contributed by atoms with Gasteiger partial charge in [0.2, 0.25) is 0 Å². The molecule has 0 radical (unpaired) electrons. The van der Waals surface area contributed by atoms with Crippen LogP contribution in [0.3, 0.4) is 0 Å². The van der Waals surface area contributed by atoms with Crippen LogP contribution >= 0.6 is 0 Å². The van der Waals surface area contributed by atoms with Crippen LogP contribution in [0.15, 0.2) is 18.2 Å². The first-order valence-corrected chi connectivity index (χ1v) is 6.83. The van der Waals surface area contributed by atoms with Crippen molar-refractivity contribution in [1.29, 1.82) is 0 Å². The summed E-state index contributed by atoms with van der Waals surface area (Å²) in [4.78, 5) is 2.36. The number of hydrogen-bond acceptors (Lipinski definition) is 2. The fraction of sp³-hybridized carbons (Fsp3) is 0.600. The summed E-state index contributed by atoms with van der Waals surface area (Å²) >= 11 is 0. The molecule has 1 aromatic carbocycles. The lowest BCUT2D eigenvalue weighted by Gasteiger charge is -2.30. The summed E-state index contributed by atoms with van der Waals surface area (Å²) < 4.78 is 13.8. The molecule has 0 saturated carbocycles. The molecule has 0 unspecified atom stereocenters. The number of halogens is 1. The Morgan fingerprint density at radius 2 is 2.06 bits per heavy atom. The average molecular weight is 250 g/mol. The molecule has 18 heavy (non-hydrogen) atoms. The lowest BCUT2D eigenvalue weighted by molar-refractivity contribution is 0.183. The summed E-state index contributed by atoms with van der Waals surface area (Å²) in [5.41, 5.74) is 1.98. The van der Waals surface area contributed by atoms with Crippen molar-refractivity contribution in [2.24, 2.45) is 5.92 Å². The Hall–Kier alpha value is -0.930. The van der Waals surface area contributed by atoms with Crippen molar-refractivity contribution < 1.29 is 4.39 Å². The third kappa shape index (κ3) is 3.53. The first-order chi connectivity index (χ1) is 8.69. The number of benzene rings is 1. The Kier molecular flexibility index (Phi) is 4.72. The number of hydrogen-bond donors (Lipinski definition) is 1. The van der Waals surface area contributed by atoms with Gasteiger partial charge in [0, 0.05) is 18.7 Å². The highest BCUT2D eigenvalue weighted by molar-refractivity contribution is 5.25. The van der Waals surface area contributed by atoms with E-state index >= 15 is 0 Å². The highest BCUT2D eigenvalue weighted by Gasteiger charge is 2.17. The molecule has 1 saturated heterocycles. The average Bonchev–Trinajstić information content (AvgIpc) is 2.36. The monoisotopic (exact) mass is 250 g/mol. The number of piperidine rings is 1. The molecule has 1 aliphatic rings. The van der Waals surface area contributed by atoms with Crippen LogP contribution in [0.25, 0.3) is 0 Å². The van der Waals surface area contributed by atoms with Gasteiger partial charge in [-0.05, 0) is 50.5 Å². The van der Waals surface area contributed by atoms with Crippen LogP contribution in [-0.4, -0.2) is 25.0 Å². The Balaban J connectivity index is 2.01. The zero-order valence-corrected chi connectivity index (χ0v) is 11.4. The van der Waals surface area contributed by atoms with Crippen molar-refractivity contribution in [2.45, 2.75) is 32.9 Å². The van der Waals surface area contributed by atoms with Crippen molar-refractivity contribution in [2.75, 3.05) is 20.1 Å². The molecule has 0 spiro atoms. The van der Waals surface area contributed by atoms with Gasteiger partial charge in [0.25, 0.3) is 0 Å². The van der Waals surface area contributed by atoms with Gasteiger partial charge < -0.3 is 5.32 Å². The van der Waals surface area contributed by atoms with E-state index in [-0.39, 0.29) is 5.82 Å². The van der Waals surface area contributed by atoms with E-state index in [0.717, 1.165) is 43.2 Å². The second kappa shape index (κ2) is 6.30. The number of nitrogens with zero attached hydrogens (tertiary/aromatic N) is 1. The van der Waals surface area contributed by atoms with E-state index in [0.29, 0.717) is 0 Å². The fourth-order valence-electron chi connectivity index (χ4n) is 2.52. The zero-order valence-electron chi connectivity index (χ0n) is 11.4. The van der Waals surface area contributed by atoms with Gasteiger partial charge in [-0.15, -0.1) is 0 Å². The van der Waals surface area contributed by atoms with E-state index in [4.69, 9.17) is 0 Å². The van der Waals surface area contributed by atoms with Gasteiger partial charge in [0.15, 0.2) is 0 Å². The SMILES string of the molecule is CNCc1ccc(F)c(CN2CCC(C)CC2)c1. The summed E-state index contributed by atoms with van der Waals surface area (Å²) in [6.07, 6.45) is 2.47. The molecule has 2 nitrogen and oxygen atoms in total. The fourth-order valence-corrected chi connectivity index (χ4v) is 2.52. The van der Waals surface area contributed by atoms with Gasteiger partial charge >= 0.3 is 0 Å².